The Balaban J connectivity index is 2.11. The fourth-order valence-electron chi connectivity index (χ4n) is 2.27. The lowest BCUT2D eigenvalue weighted by molar-refractivity contribution is 0.619. The van der Waals surface area contributed by atoms with Gasteiger partial charge in [-0.05, 0) is 37.1 Å². The molecule has 0 atom stereocenters. The number of nitrogen functional groups attached to an aromatic ring is 1. The fraction of sp³-hybridized carbons (Fsp3) is 0.308. The van der Waals surface area contributed by atoms with Crippen LogP contribution in [-0.4, -0.2) is 16.1 Å². The molecule has 0 unspecified atom stereocenters. The first-order chi connectivity index (χ1) is 8.66. The van der Waals surface area contributed by atoms with Gasteiger partial charge in [0, 0.05) is 18.7 Å². The van der Waals surface area contributed by atoms with Crippen LogP contribution in [0.3, 0.4) is 0 Å². The van der Waals surface area contributed by atoms with E-state index in [4.69, 9.17) is 5.73 Å². The number of hydrogen-bond acceptors (Lipinski definition) is 3. The number of hydrogen-bond donors (Lipinski definition) is 2. The first-order valence-electron chi connectivity index (χ1n) is 6.03. The lowest BCUT2D eigenvalue weighted by Crippen LogP contribution is -2.18. The quantitative estimate of drug-likeness (QED) is 0.812. The molecule has 94 valence electrons. The van der Waals surface area contributed by atoms with Crippen LogP contribution in [0.1, 0.15) is 12.0 Å². The summed E-state index contributed by atoms with van der Waals surface area (Å²) in [6.07, 6.45) is 1.04. The van der Waals surface area contributed by atoms with E-state index in [1.54, 1.807) is 19.1 Å². The summed E-state index contributed by atoms with van der Waals surface area (Å²) in [4.78, 5) is 4.50. The topological polar surface area (TPSA) is 55.9 Å². The van der Waals surface area contributed by atoms with Gasteiger partial charge in [-0.15, -0.1) is 0 Å². The van der Waals surface area contributed by atoms with Crippen molar-refractivity contribution in [2.75, 3.05) is 17.6 Å². The van der Waals surface area contributed by atoms with Crippen LogP contribution in [0.15, 0.2) is 18.2 Å². The Labute approximate surface area is 105 Å². The maximum Gasteiger partial charge on any atom is 0.205 e. The van der Waals surface area contributed by atoms with Crippen LogP contribution in [0.4, 0.5) is 16.2 Å². The molecule has 5 heteroatoms. The largest absolute Gasteiger partial charge is 0.383 e. The molecule has 0 spiro atoms. The third-order valence-corrected chi connectivity index (χ3v) is 3.28. The molecular formula is C13H15FN4. The Morgan fingerprint density at radius 2 is 2.28 bits per heavy atom. The maximum absolute atomic E-state index is 13.3. The predicted molar refractivity (Wildman–Crippen MR) is 69.9 cm³/mol. The monoisotopic (exact) mass is 246 g/mol. The number of halogens is 1. The Bertz CT molecular complexity index is 603. The molecule has 0 amide bonds. The summed E-state index contributed by atoms with van der Waals surface area (Å²) in [7, 11) is 0. The van der Waals surface area contributed by atoms with Crippen molar-refractivity contribution in [1.29, 1.82) is 0 Å². The Kier molecular flexibility index (Phi) is 2.47. The number of anilines is 2. The Morgan fingerprint density at radius 1 is 1.44 bits per heavy atom. The lowest BCUT2D eigenvalue weighted by atomic mass is 10.1. The van der Waals surface area contributed by atoms with Crippen LogP contribution in [0, 0.1) is 12.7 Å². The molecule has 3 rings (SSSR count). The van der Waals surface area contributed by atoms with E-state index in [-0.39, 0.29) is 5.82 Å². The van der Waals surface area contributed by atoms with Crippen molar-refractivity contribution in [2.24, 2.45) is 0 Å². The third kappa shape index (κ3) is 1.63. The summed E-state index contributed by atoms with van der Waals surface area (Å²) >= 11 is 0. The van der Waals surface area contributed by atoms with Crippen LogP contribution >= 0.6 is 0 Å². The maximum atomic E-state index is 13.3. The summed E-state index contributed by atoms with van der Waals surface area (Å²) < 4.78 is 15.2. The molecule has 1 aromatic carbocycles. The minimum atomic E-state index is -0.209. The van der Waals surface area contributed by atoms with Crippen LogP contribution in [0.25, 0.3) is 11.3 Å². The smallest absolute Gasteiger partial charge is 0.205 e. The number of benzene rings is 1. The molecule has 0 aliphatic carbocycles. The summed E-state index contributed by atoms with van der Waals surface area (Å²) in [5, 5.41) is 3.22. The summed E-state index contributed by atoms with van der Waals surface area (Å²) in [6, 6.07) is 4.95. The number of imidazole rings is 1. The Hall–Kier alpha value is -2.04. The Morgan fingerprint density at radius 3 is 3.00 bits per heavy atom. The predicted octanol–water partition coefficient (Wildman–Crippen LogP) is 2.40. The highest BCUT2D eigenvalue weighted by Crippen LogP contribution is 2.31. The minimum Gasteiger partial charge on any atom is -0.383 e. The second kappa shape index (κ2) is 4.01. The molecule has 3 N–H and O–H groups in total. The SMILES string of the molecule is Cc1cc(-c2nc3n(c2N)CCCN3)ccc1F. The zero-order chi connectivity index (χ0) is 12.7. The highest BCUT2D eigenvalue weighted by atomic mass is 19.1. The zero-order valence-electron chi connectivity index (χ0n) is 10.2. The molecule has 1 aliphatic heterocycles. The fourth-order valence-corrected chi connectivity index (χ4v) is 2.27. The molecule has 2 aromatic rings. The molecule has 4 nitrogen and oxygen atoms in total. The van der Waals surface area contributed by atoms with Gasteiger partial charge in [-0.1, -0.05) is 0 Å². The van der Waals surface area contributed by atoms with Gasteiger partial charge in [0.2, 0.25) is 5.95 Å². The van der Waals surface area contributed by atoms with Crippen LogP contribution in [0.5, 0.6) is 0 Å². The standard InChI is InChI=1S/C13H15FN4/c1-8-7-9(3-4-10(8)14)11-12(15)18-6-2-5-16-13(18)17-11/h3-4,7H,2,5-6,15H2,1H3,(H,16,17). The van der Waals surface area contributed by atoms with E-state index in [1.807, 2.05) is 4.57 Å². The van der Waals surface area contributed by atoms with E-state index in [1.165, 1.54) is 6.07 Å². The van der Waals surface area contributed by atoms with E-state index in [0.29, 0.717) is 11.4 Å². The summed E-state index contributed by atoms with van der Waals surface area (Å²) in [6.45, 7) is 3.53. The van der Waals surface area contributed by atoms with Crippen LogP contribution in [0.2, 0.25) is 0 Å². The van der Waals surface area contributed by atoms with Gasteiger partial charge in [0.25, 0.3) is 0 Å². The molecule has 2 heterocycles. The second-order valence-electron chi connectivity index (χ2n) is 4.57. The van der Waals surface area contributed by atoms with E-state index >= 15 is 0 Å². The molecule has 0 radical (unpaired) electrons. The molecular weight excluding hydrogens is 231 g/mol. The minimum absolute atomic E-state index is 0.209. The van der Waals surface area contributed by atoms with E-state index < -0.39 is 0 Å². The third-order valence-electron chi connectivity index (χ3n) is 3.28. The van der Waals surface area contributed by atoms with Gasteiger partial charge >= 0.3 is 0 Å². The molecule has 0 saturated heterocycles. The van der Waals surface area contributed by atoms with Crippen molar-refractivity contribution >= 4 is 11.8 Å². The molecule has 0 saturated carbocycles. The average molecular weight is 246 g/mol. The van der Waals surface area contributed by atoms with Crippen molar-refractivity contribution in [3.05, 3.63) is 29.6 Å². The molecule has 0 bridgehead atoms. The van der Waals surface area contributed by atoms with Gasteiger partial charge in [0.1, 0.15) is 17.3 Å². The number of nitrogens with zero attached hydrogens (tertiary/aromatic N) is 2. The van der Waals surface area contributed by atoms with Gasteiger partial charge in [-0.3, -0.25) is 4.57 Å². The van der Waals surface area contributed by atoms with Crippen molar-refractivity contribution < 1.29 is 4.39 Å². The number of aryl methyl sites for hydroxylation is 1. The van der Waals surface area contributed by atoms with E-state index in [0.717, 1.165) is 36.7 Å². The van der Waals surface area contributed by atoms with Gasteiger partial charge < -0.3 is 11.1 Å². The first kappa shape index (κ1) is 11.1. The van der Waals surface area contributed by atoms with Gasteiger partial charge in [-0.2, -0.15) is 0 Å². The van der Waals surface area contributed by atoms with Gasteiger partial charge in [0.15, 0.2) is 0 Å². The molecule has 1 aromatic heterocycles. The van der Waals surface area contributed by atoms with Crippen molar-refractivity contribution in [2.45, 2.75) is 19.9 Å². The summed E-state index contributed by atoms with van der Waals surface area (Å²) in [5.41, 5.74) is 8.29. The average Bonchev–Trinajstić information content (AvgIpc) is 2.71. The normalized spacial score (nSPS) is 14.1. The lowest BCUT2D eigenvalue weighted by Gasteiger charge is -2.15. The molecule has 1 aliphatic rings. The van der Waals surface area contributed by atoms with Gasteiger partial charge in [0.05, 0.1) is 0 Å². The van der Waals surface area contributed by atoms with E-state index in [2.05, 4.69) is 10.3 Å². The summed E-state index contributed by atoms with van der Waals surface area (Å²) in [5.74, 6) is 1.23. The van der Waals surface area contributed by atoms with Crippen molar-refractivity contribution in [1.82, 2.24) is 9.55 Å². The number of aromatic nitrogens is 2. The number of rotatable bonds is 1. The second-order valence-corrected chi connectivity index (χ2v) is 4.57. The zero-order valence-corrected chi connectivity index (χ0v) is 10.2. The highest BCUT2D eigenvalue weighted by Gasteiger charge is 2.18. The highest BCUT2D eigenvalue weighted by molar-refractivity contribution is 5.74. The first-order valence-corrected chi connectivity index (χ1v) is 6.03. The van der Waals surface area contributed by atoms with Crippen molar-refractivity contribution in [3.63, 3.8) is 0 Å². The molecule has 18 heavy (non-hydrogen) atoms. The van der Waals surface area contributed by atoms with Crippen LogP contribution < -0.4 is 11.1 Å². The number of nitrogens with one attached hydrogen (secondary N) is 1. The van der Waals surface area contributed by atoms with Crippen molar-refractivity contribution in [3.8, 4) is 11.3 Å². The van der Waals surface area contributed by atoms with E-state index in [9.17, 15) is 4.39 Å². The molecule has 0 fully saturated rings. The van der Waals surface area contributed by atoms with Crippen LogP contribution in [-0.2, 0) is 6.54 Å². The number of nitrogens with two attached hydrogens (primary N) is 1. The number of fused-ring (bicyclic) bond motifs is 1. The van der Waals surface area contributed by atoms with Gasteiger partial charge in [-0.25, -0.2) is 9.37 Å².